The largest absolute Gasteiger partial charge is 0.481 e. The lowest BCUT2D eigenvalue weighted by atomic mass is 9.78. The summed E-state index contributed by atoms with van der Waals surface area (Å²) in [5.74, 6) is -1.41. The molecule has 2 aromatic rings. The molecule has 0 saturated heterocycles. The van der Waals surface area contributed by atoms with Gasteiger partial charge in [-0.2, -0.15) is 5.10 Å². The van der Waals surface area contributed by atoms with Gasteiger partial charge in [-0.3, -0.25) is 9.59 Å². The Morgan fingerprint density at radius 2 is 1.83 bits per heavy atom. The van der Waals surface area contributed by atoms with E-state index in [9.17, 15) is 14.7 Å². The van der Waals surface area contributed by atoms with Crippen LogP contribution in [0.1, 0.15) is 35.1 Å². The van der Waals surface area contributed by atoms with Crippen LogP contribution in [0.3, 0.4) is 0 Å². The zero-order chi connectivity index (χ0) is 16.9. The second kappa shape index (κ2) is 7.00. The van der Waals surface area contributed by atoms with Gasteiger partial charge in [0.2, 0.25) is 0 Å². The molecule has 6 nitrogen and oxygen atoms in total. The Morgan fingerprint density at radius 3 is 2.35 bits per heavy atom. The van der Waals surface area contributed by atoms with Crippen LogP contribution in [0.4, 0.5) is 0 Å². The van der Waals surface area contributed by atoms with Crippen LogP contribution in [-0.2, 0) is 10.2 Å². The Bertz CT molecular complexity index is 686. The van der Waals surface area contributed by atoms with E-state index in [1.165, 1.54) is 0 Å². The van der Waals surface area contributed by atoms with Crippen molar-refractivity contribution < 1.29 is 14.7 Å². The number of carboxylic acid groups (broad SMARTS) is 1. The number of aryl methyl sites for hydroxylation is 1. The van der Waals surface area contributed by atoms with Crippen molar-refractivity contribution in [3.8, 4) is 0 Å². The molecule has 2 rings (SSSR count). The molecule has 1 aromatic carbocycles. The summed E-state index contributed by atoms with van der Waals surface area (Å²) in [5.41, 5.74) is 0.360. The van der Waals surface area contributed by atoms with Gasteiger partial charge in [0.25, 0.3) is 5.91 Å². The van der Waals surface area contributed by atoms with E-state index in [2.05, 4.69) is 15.5 Å². The summed E-state index contributed by atoms with van der Waals surface area (Å²) in [4.78, 5) is 24.0. The zero-order valence-corrected chi connectivity index (χ0v) is 13.1. The maximum Gasteiger partial charge on any atom is 0.315 e. The first-order valence-corrected chi connectivity index (χ1v) is 7.37. The molecule has 0 aliphatic rings. The Hall–Kier alpha value is -2.76. The minimum Gasteiger partial charge on any atom is -0.481 e. The number of carbonyl (C=O) groups is 2. The molecule has 2 N–H and O–H groups in total. The van der Waals surface area contributed by atoms with Crippen LogP contribution in [0.15, 0.2) is 42.5 Å². The minimum atomic E-state index is -1.17. The monoisotopic (exact) mass is 313 g/mol. The lowest BCUT2D eigenvalue weighted by Crippen LogP contribution is -2.46. The molecule has 0 aliphatic heterocycles. The molecular formula is C17H19N3O3. The van der Waals surface area contributed by atoms with Gasteiger partial charge in [-0.15, -0.1) is 5.10 Å². The first kappa shape index (κ1) is 16.6. The molecule has 0 radical (unpaired) electrons. The summed E-state index contributed by atoms with van der Waals surface area (Å²) in [6.45, 7) is 3.55. The number of aromatic nitrogens is 2. The molecule has 6 heteroatoms. The molecule has 0 spiro atoms. The van der Waals surface area contributed by atoms with Crippen LogP contribution >= 0.6 is 0 Å². The molecule has 0 fully saturated rings. The highest BCUT2D eigenvalue weighted by Crippen LogP contribution is 2.27. The Labute approximate surface area is 134 Å². The third-order valence-electron chi connectivity index (χ3n) is 3.92. The van der Waals surface area contributed by atoms with Crippen molar-refractivity contribution in [3.63, 3.8) is 0 Å². The number of hydrogen-bond donors (Lipinski definition) is 2. The molecule has 1 unspecified atom stereocenters. The van der Waals surface area contributed by atoms with Crippen molar-refractivity contribution in [3.05, 3.63) is 59.4 Å². The lowest BCUT2D eigenvalue weighted by Gasteiger charge is -2.29. The van der Waals surface area contributed by atoms with Crippen LogP contribution in [0.2, 0.25) is 0 Å². The molecule has 1 atom stereocenters. The van der Waals surface area contributed by atoms with Crippen molar-refractivity contribution >= 4 is 11.9 Å². The van der Waals surface area contributed by atoms with Crippen LogP contribution in [0.25, 0.3) is 0 Å². The number of amides is 1. The number of nitrogens with zero attached hydrogens (tertiary/aromatic N) is 2. The molecule has 1 aromatic heterocycles. The quantitative estimate of drug-likeness (QED) is 0.850. The second-order valence-corrected chi connectivity index (χ2v) is 5.35. The fourth-order valence-electron chi connectivity index (χ4n) is 2.38. The summed E-state index contributed by atoms with van der Waals surface area (Å²) in [7, 11) is 0. The van der Waals surface area contributed by atoms with Gasteiger partial charge in [0.1, 0.15) is 5.41 Å². The topological polar surface area (TPSA) is 92.2 Å². The average molecular weight is 313 g/mol. The van der Waals surface area contributed by atoms with Gasteiger partial charge >= 0.3 is 5.97 Å². The SMILES string of the molecule is CCC(CNC(=O)c1ccc(C)nn1)(C(=O)O)c1ccccc1. The summed E-state index contributed by atoms with van der Waals surface area (Å²) < 4.78 is 0. The van der Waals surface area contributed by atoms with E-state index in [4.69, 9.17) is 0 Å². The van der Waals surface area contributed by atoms with Crippen LogP contribution in [0, 0.1) is 6.92 Å². The number of aliphatic carboxylic acids is 1. The fourth-order valence-corrected chi connectivity index (χ4v) is 2.38. The highest BCUT2D eigenvalue weighted by molar-refractivity contribution is 5.93. The number of carbonyl (C=O) groups excluding carboxylic acids is 1. The molecular weight excluding hydrogens is 294 g/mol. The van der Waals surface area contributed by atoms with Gasteiger partial charge in [-0.25, -0.2) is 0 Å². The van der Waals surface area contributed by atoms with E-state index in [-0.39, 0.29) is 12.2 Å². The number of benzene rings is 1. The number of carboxylic acids is 1. The van der Waals surface area contributed by atoms with E-state index >= 15 is 0 Å². The second-order valence-electron chi connectivity index (χ2n) is 5.35. The summed E-state index contributed by atoms with van der Waals surface area (Å²) in [6, 6.07) is 12.2. The van der Waals surface area contributed by atoms with Crippen molar-refractivity contribution in [2.45, 2.75) is 25.7 Å². The fraction of sp³-hybridized carbons (Fsp3) is 0.294. The molecule has 120 valence electrons. The highest BCUT2D eigenvalue weighted by Gasteiger charge is 2.39. The van der Waals surface area contributed by atoms with Gasteiger partial charge in [0.05, 0.1) is 5.69 Å². The average Bonchev–Trinajstić information content (AvgIpc) is 2.57. The van der Waals surface area contributed by atoms with E-state index in [1.54, 1.807) is 50.2 Å². The van der Waals surface area contributed by atoms with Crippen molar-refractivity contribution in [1.29, 1.82) is 0 Å². The zero-order valence-electron chi connectivity index (χ0n) is 13.1. The molecule has 0 bridgehead atoms. The number of hydrogen-bond acceptors (Lipinski definition) is 4. The molecule has 0 aliphatic carbocycles. The van der Waals surface area contributed by atoms with Crippen LogP contribution in [0.5, 0.6) is 0 Å². The van der Waals surface area contributed by atoms with E-state index in [0.717, 1.165) is 0 Å². The normalized spacial score (nSPS) is 13.1. The maximum atomic E-state index is 12.2. The van der Waals surface area contributed by atoms with E-state index < -0.39 is 17.3 Å². The number of rotatable bonds is 6. The van der Waals surface area contributed by atoms with E-state index in [0.29, 0.717) is 17.7 Å². The van der Waals surface area contributed by atoms with Crippen molar-refractivity contribution in [1.82, 2.24) is 15.5 Å². The molecule has 0 saturated carbocycles. The predicted molar refractivity (Wildman–Crippen MR) is 85.1 cm³/mol. The Balaban J connectivity index is 2.21. The molecule has 1 amide bonds. The summed E-state index contributed by atoms with van der Waals surface area (Å²) >= 11 is 0. The number of nitrogens with one attached hydrogen (secondary N) is 1. The highest BCUT2D eigenvalue weighted by atomic mass is 16.4. The minimum absolute atomic E-state index is 0.0166. The van der Waals surface area contributed by atoms with Gasteiger partial charge in [-0.05, 0) is 31.0 Å². The van der Waals surface area contributed by atoms with Gasteiger partial charge in [0.15, 0.2) is 5.69 Å². The van der Waals surface area contributed by atoms with Gasteiger partial charge in [0, 0.05) is 6.54 Å². The molecule has 23 heavy (non-hydrogen) atoms. The van der Waals surface area contributed by atoms with Crippen molar-refractivity contribution in [2.75, 3.05) is 6.54 Å². The van der Waals surface area contributed by atoms with Gasteiger partial charge < -0.3 is 10.4 Å². The standard InChI is InChI=1S/C17H19N3O3/c1-3-17(16(22)23,13-7-5-4-6-8-13)11-18-15(21)14-10-9-12(2)19-20-14/h4-10H,3,11H2,1-2H3,(H,18,21)(H,22,23). The lowest BCUT2D eigenvalue weighted by molar-refractivity contribution is -0.143. The first-order valence-electron chi connectivity index (χ1n) is 7.37. The third kappa shape index (κ3) is 3.53. The van der Waals surface area contributed by atoms with Crippen LogP contribution < -0.4 is 5.32 Å². The van der Waals surface area contributed by atoms with Gasteiger partial charge in [-0.1, -0.05) is 37.3 Å². The Kier molecular flexibility index (Phi) is 5.05. The van der Waals surface area contributed by atoms with Crippen molar-refractivity contribution in [2.24, 2.45) is 0 Å². The Morgan fingerprint density at radius 1 is 1.13 bits per heavy atom. The summed E-state index contributed by atoms with van der Waals surface area (Å²) in [6.07, 6.45) is 0.353. The first-order chi connectivity index (χ1) is 11.0. The maximum absolute atomic E-state index is 12.2. The van der Waals surface area contributed by atoms with E-state index in [1.807, 2.05) is 6.07 Å². The van der Waals surface area contributed by atoms with Crippen LogP contribution in [-0.4, -0.2) is 33.7 Å². The smallest absolute Gasteiger partial charge is 0.315 e. The molecule has 1 heterocycles. The predicted octanol–water partition coefficient (Wildman–Crippen LogP) is 1.95. The summed E-state index contributed by atoms with van der Waals surface area (Å²) in [5, 5.41) is 20.0. The third-order valence-corrected chi connectivity index (χ3v) is 3.92.